The van der Waals surface area contributed by atoms with Crippen molar-refractivity contribution in [1.82, 2.24) is 5.32 Å². The monoisotopic (exact) mass is 219 g/mol. The third-order valence-corrected chi connectivity index (χ3v) is 1.80. The zero-order valence-electron chi connectivity index (χ0n) is 8.80. The number of carbonyl (C=O) groups excluding carboxylic acids is 1. The molecule has 1 amide bonds. The Hall–Kier alpha value is -1.14. The number of carbonyl (C=O) groups is 2. The molecule has 6 nitrogen and oxygen atoms in total. The first kappa shape index (κ1) is 13.9. The number of aliphatic carboxylic acids is 1. The molecule has 0 bridgehead atoms. The maximum absolute atomic E-state index is 11.1. The lowest BCUT2D eigenvalue weighted by atomic mass is 10.0. The summed E-state index contributed by atoms with van der Waals surface area (Å²) in [5, 5.41) is 28.3. The number of hydrogen-bond acceptors (Lipinski definition) is 4. The summed E-state index contributed by atoms with van der Waals surface area (Å²) in [5.74, 6) is -1.91. The number of hydrogen-bond donors (Lipinski definition) is 4. The van der Waals surface area contributed by atoms with Gasteiger partial charge in [-0.15, -0.1) is 0 Å². The summed E-state index contributed by atoms with van der Waals surface area (Å²) in [6.45, 7) is 2.93. The fraction of sp³-hybridized carbons (Fsp3) is 0.778. The Morgan fingerprint density at radius 2 is 1.87 bits per heavy atom. The molecule has 0 aromatic heterocycles. The third kappa shape index (κ3) is 5.34. The Bertz CT molecular complexity index is 229. The van der Waals surface area contributed by atoms with Crippen LogP contribution in [0.25, 0.3) is 0 Å². The number of amides is 1. The highest BCUT2D eigenvalue weighted by molar-refractivity contribution is 5.86. The SMILES string of the molecule is CC(C)CC(NC(=O)C(O)CO)C(=O)O. The maximum Gasteiger partial charge on any atom is 0.326 e. The minimum atomic E-state index is -1.57. The molecule has 0 heterocycles. The molecule has 88 valence electrons. The van der Waals surface area contributed by atoms with Crippen LogP contribution in [-0.4, -0.2) is 45.9 Å². The summed E-state index contributed by atoms with van der Waals surface area (Å²) in [5.41, 5.74) is 0. The van der Waals surface area contributed by atoms with Crippen LogP contribution in [0.4, 0.5) is 0 Å². The van der Waals surface area contributed by atoms with Crippen LogP contribution in [0.15, 0.2) is 0 Å². The van der Waals surface area contributed by atoms with Crippen molar-refractivity contribution in [2.75, 3.05) is 6.61 Å². The molecule has 0 spiro atoms. The molecule has 0 aliphatic carbocycles. The Kier molecular flexibility index (Phi) is 5.88. The highest BCUT2D eigenvalue weighted by Gasteiger charge is 2.24. The molecule has 0 saturated heterocycles. The van der Waals surface area contributed by atoms with Crippen molar-refractivity contribution >= 4 is 11.9 Å². The topological polar surface area (TPSA) is 107 Å². The molecule has 6 heteroatoms. The lowest BCUT2D eigenvalue weighted by Crippen LogP contribution is -2.47. The molecule has 0 aromatic rings. The summed E-state index contributed by atoms with van der Waals surface area (Å²) in [7, 11) is 0. The Morgan fingerprint density at radius 3 is 2.20 bits per heavy atom. The van der Waals surface area contributed by atoms with E-state index in [9.17, 15) is 9.59 Å². The van der Waals surface area contributed by atoms with Gasteiger partial charge in [-0.3, -0.25) is 4.79 Å². The van der Waals surface area contributed by atoms with Crippen molar-refractivity contribution in [3.05, 3.63) is 0 Å². The summed E-state index contributed by atoms with van der Waals surface area (Å²) < 4.78 is 0. The van der Waals surface area contributed by atoms with Gasteiger partial charge in [-0.05, 0) is 12.3 Å². The average Bonchev–Trinajstić information content (AvgIpc) is 2.14. The van der Waals surface area contributed by atoms with Gasteiger partial charge in [0, 0.05) is 0 Å². The van der Waals surface area contributed by atoms with Crippen LogP contribution in [0, 0.1) is 5.92 Å². The zero-order valence-corrected chi connectivity index (χ0v) is 8.80. The number of nitrogens with one attached hydrogen (secondary N) is 1. The predicted molar refractivity (Wildman–Crippen MR) is 52.1 cm³/mol. The highest BCUT2D eigenvalue weighted by Crippen LogP contribution is 2.05. The van der Waals surface area contributed by atoms with Crippen molar-refractivity contribution in [2.24, 2.45) is 5.92 Å². The van der Waals surface area contributed by atoms with Gasteiger partial charge in [0.2, 0.25) is 0 Å². The zero-order chi connectivity index (χ0) is 12.0. The van der Waals surface area contributed by atoms with Gasteiger partial charge in [-0.25, -0.2) is 4.79 Å². The molecule has 0 fully saturated rings. The van der Waals surface area contributed by atoms with E-state index in [2.05, 4.69) is 5.32 Å². The lowest BCUT2D eigenvalue weighted by Gasteiger charge is -2.17. The van der Waals surface area contributed by atoms with Crippen LogP contribution in [0.2, 0.25) is 0 Å². The van der Waals surface area contributed by atoms with Crippen LogP contribution in [0.1, 0.15) is 20.3 Å². The minimum absolute atomic E-state index is 0.109. The van der Waals surface area contributed by atoms with E-state index in [1.165, 1.54) is 0 Å². The van der Waals surface area contributed by atoms with Crippen LogP contribution in [0.5, 0.6) is 0 Å². The first-order valence-electron chi connectivity index (χ1n) is 4.70. The standard InChI is InChI=1S/C9H17NO5/c1-5(2)3-6(9(14)15)10-8(13)7(12)4-11/h5-7,11-12H,3-4H2,1-2H3,(H,10,13)(H,14,15). The smallest absolute Gasteiger partial charge is 0.326 e. The molecule has 0 rings (SSSR count). The Balaban J connectivity index is 4.29. The van der Waals surface area contributed by atoms with E-state index in [1.54, 1.807) is 0 Å². The number of carboxylic acid groups (broad SMARTS) is 1. The number of rotatable bonds is 6. The van der Waals surface area contributed by atoms with Gasteiger partial charge in [0.05, 0.1) is 6.61 Å². The summed E-state index contributed by atoms with van der Waals surface area (Å²) >= 11 is 0. The van der Waals surface area contributed by atoms with Gasteiger partial charge in [-0.2, -0.15) is 0 Å². The maximum atomic E-state index is 11.1. The van der Waals surface area contributed by atoms with Crippen LogP contribution in [0.3, 0.4) is 0 Å². The van der Waals surface area contributed by atoms with Crippen LogP contribution < -0.4 is 5.32 Å². The fourth-order valence-electron chi connectivity index (χ4n) is 1.04. The molecule has 2 unspecified atom stereocenters. The van der Waals surface area contributed by atoms with Crippen molar-refractivity contribution in [3.8, 4) is 0 Å². The largest absolute Gasteiger partial charge is 0.480 e. The number of aliphatic hydroxyl groups excluding tert-OH is 2. The van der Waals surface area contributed by atoms with Gasteiger partial charge < -0.3 is 20.6 Å². The van der Waals surface area contributed by atoms with Gasteiger partial charge in [0.15, 0.2) is 6.10 Å². The van der Waals surface area contributed by atoms with Crippen molar-refractivity contribution < 1.29 is 24.9 Å². The predicted octanol–water partition coefficient (Wildman–Crippen LogP) is -1.04. The Morgan fingerprint density at radius 1 is 1.33 bits per heavy atom. The van der Waals surface area contributed by atoms with Crippen LogP contribution >= 0.6 is 0 Å². The minimum Gasteiger partial charge on any atom is -0.480 e. The summed E-state index contributed by atoms with van der Waals surface area (Å²) in [6, 6.07) is -1.03. The van der Waals surface area contributed by atoms with E-state index in [-0.39, 0.29) is 12.3 Å². The molecule has 0 saturated carbocycles. The van der Waals surface area contributed by atoms with Gasteiger partial charge >= 0.3 is 5.97 Å². The molecule has 2 atom stereocenters. The van der Waals surface area contributed by atoms with E-state index in [4.69, 9.17) is 15.3 Å². The molecule has 15 heavy (non-hydrogen) atoms. The third-order valence-electron chi connectivity index (χ3n) is 1.80. The molecular formula is C9H17NO5. The summed E-state index contributed by atoms with van der Waals surface area (Å²) in [6.07, 6.45) is -1.29. The van der Waals surface area contributed by atoms with Crippen molar-refractivity contribution in [3.63, 3.8) is 0 Å². The quantitative estimate of drug-likeness (QED) is 0.456. The number of carboxylic acids is 1. The highest BCUT2D eigenvalue weighted by atomic mass is 16.4. The molecular weight excluding hydrogens is 202 g/mol. The van der Waals surface area contributed by atoms with E-state index < -0.39 is 30.6 Å². The Labute approximate surface area is 87.9 Å². The lowest BCUT2D eigenvalue weighted by molar-refractivity contribution is -0.144. The van der Waals surface area contributed by atoms with Crippen molar-refractivity contribution in [2.45, 2.75) is 32.4 Å². The summed E-state index contributed by atoms with van der Waals surface area (Å²) in [4.78, 5) is 21.8. The number of aliphatic hydroxyl groups is 2. The first-order valence-corrected chi connectivity index (χ1v) is 4.70. The van der Waals surface area contributed by atoms with E-state index in [0.717, 1.165) is 0 Å². The van der Waals surface area contributed by atoms with E-state index in [0.29, 0.717) is 0 Å². The second-order valence-electron chi connectivity index (χ2n) is 3.73. The molecule has 4 N–H and O–H groups in total. The average molecular weight is 219 g/mol. The van der Waals surface area contributed by atoms with Gasteiger partial charge in [0.25, 0.3) is 5.91 Å². The van der Waals surface area contributed by atoms with Crippen molar-refractivity contribution in [1.29, 1.82) is 0 Å². The molecule has 0 radical (unpaired) electrons. The molecule has 0 aliphatic heterocycles. The van der Waals surface area contributed by atoms with Crippen LogP contribution in [-0.2, 0) is 9.59 Å². The second-order valence-corrected chi connectivity index (χ2v) is 3.73. The van der Waals surface area contributed by atoms with Gasteiger partial charge in [-0.1, -0.05) is 13.8 Å². The van der Waals surface area contributed by atoms with E-state index >= 15 is 0 Å². The van der Waals surface area contributed by atoms with E-state index in [1.807, 2.05) is 13.8 Å². The molecule has 0 aliphatic rings. The molecule has 0 aromatic carbocycles. The van der Waals surface area contributed by atoms with Gasteiger partial charge in [0.1, 0.15) is 6.04 Å². The first-order chi connectivity index (χ1) is 6.88. The normalized spacial score (nSPS) is 14.7. The second kappa shape index (κ2) is 6.36. The fourth-order valence-corrected chi connectivity index (χ4v) is 1.04.